The minimum atomic E-state index is -0.300. The van der Waals surface area contributed by atoms with Crippen molar-refractivity contribution in [1.82, 2.24) is 9.80 Å². The van der Waals surface area contributed by atoms with Gasteiger partial charge in [-0.25, -0.2) is 4.79 Å². The monoisotopic (exact) mass is 493 g/mol. The molecule has 0 spiro atoms. The van der Waals surface area contributed by atoms with Crippen LogP contribution in [0.3, 0.4) is 0 Å². The Morgan fingerprint density at radius 1 is 0.914 bits per heavy atom. The predicted octanol–water partition coefficient (Wildman–Crippen LogP) is 6.32. The second-order valence-corrected chi connectivity index (χ2v) is 9.75. The highest BCUT2D eigenvalue weighted by molar-refractivity contribution is 7.11. The van der Waals surface area contributed by atoms with Crippen LogP contribution in [-0.4, -0.2) is 41.4 Å². The molecule has 0 atom stereocenters. The zero-order chi connectivity index (χ0) is 25.0. The molecule has 6 nitrogen and oxygen atoms in total. The van der Waals surface area contributed by atoms with Crippen LogP contribution in [0.2, 0.25) is 0 Å². The van der Waals surface area contributed by atoms with Crippen molar-refractivity contribution in [3.63, 3.8) is 0 Å². The summed E-state index contributed by atoms with van der Waals surface area (Å²) in [4.78, 5) is 32.6. The van der Waals surface area contributed by atoms with Crippen LogP contribution in [0.25, 0.3) is 0 Å². The molecule has 7 heteroatoms. The van der Waals surface area contributed by atoms with Crippen LogP contribution >= 0.6 is 11.3 Å². The Bertz CT molecular complexity index is 1080. The van der Waals surface area contributed by atoms with Gasteiger partial charge in [0.25, 0.3) is 0 Å². The van der Waals surface area contributed by atoms with Gasteiger partial charge in [0.2, 0.25) is 5.91 Å². The Balaban J connectivity index is 1.76. The third kappa shape index (κ3) is 8.14. The SMILES string of the molecule is CCCCN(CC(=O)N(Cc1ccccc1)Cc1ccc(C)s1)C(=O)Nc1ccccc1OCC. The number of amides is 3. The number of unbranched alkanes of at least 4 members (excludes halogenated alkanes) is 1. The number of thiophene rings is 1. The number of ether oxygens (including phenoxy) is 1. The molecule has 3 rings (SSSR count). The fourth-order valence-electron chi connectivity index (χ4n) is 3.70. The van der Waals surface area contributed by atoms with Gasteiger partial charge < -0.3 is 19.9 Å². The van der Waals surface area contributed by atoms with Crippen molar-refractivity contribution in [3.8, 4) is 5.75 Å². The van der Waals surface area contributed by atoms with Gasteiger partial charge in [0.1, 0.15) is 12.3 Å². The molecule has 3 aromatic rings. The number of nitrogens with zero attached hydrogens (tertiary/aromatic N) is 2. The summed E-state index contributed by atoms with van der Waals surface area (Å²) in [5.41, 5.74) is 1.66. The maximum Gasteiger partial charge on any atom is 0.322 e. The molecule has 35 heavy (non-hydrogen) atoms. The number of nitrogens with one attached hydrogen (secondary N) is 1. The number of rotatable bonds is 12. The Kier molecular flexibility index (Phi) is 10.2. The van der Waals surface area contributed by atoms with E-state index in [0.29, 0.717) is 37.7 Å². The van der Waals surface area contributed by atoms with Gasteiger partial charge >= 0.3 is 6.03 Å². The highest BCUT2D eigenvalue weighted by Crippen LogP contribution is 2.24. The first-order valence-electron chi connectivity index (χ1n) is 12.1. The van der Waals surface area contributed by atoms with Crippen LogP contribution in [0.5, 0.6) is 5.75 Å². The number of hydrogen-bond donors (Lipinski definition) is 1. The first-order chi connectivity index (χ1) is 17.0. The van der Waals surface area contributed by atoms with Crippen molar-refractivity contribution >= 4 is 29.0 Å². The van der Waals surface area contributed by atoms with Crippen LogP contribution in [0.4, 0.5) is 10.5 Å². The smallest absolute Gasteiger partial charge is 0.322 e. The lowest BCUT2D eigenvalue weighted by Gasteiger charge is -2.28. The number of carbonyl (C=O) groups is 2. The number of para-hydroxylation sites is 2. The summed E-state index contributed by atoms with van der Waals surface area (Å²) in [5, 5.41) is 2.94. The molecule has 0 radical (unpaired) electrons. The summed E-state index contributed by atoms with van der Waals surface area (Å²) in [6, 6.07) is 21.2. The lowest BCUT2D eigenvalue weighted by atomic mass is 10.2. The molecule has 1 heterocycles. The maximum atomic E-state index is 13.5. The van der Waals surface area contributed by atoms with E-state index in [-0.39, 0.29) is 18.5 Å². The van der Waals surface area contributed by atoms with Crippen molar-refractivity contribution in [2.24, 2.45) is 0 Å². The number of urea groups is 1. The number of anilines is 1. The number of benzene rings is 2. The normalized spacial score (nSPS) is 10.6. The fourth-order valence-corrected chi connectivity index (χ4v) is 4.61. The van der Waals surface area contributed by atoms with E-state index in [1.165, 1.54) is 4.88 Å². The molecule has 1 N–H and O–H groups in total. The molecule has 0 fully saturated rings. The average Bonchev–Trinajstić information content (AvgIpc) is 3.27. The quantitative estimate of drug-likeness (QED) is 0.321. The molecule has 0 aliphatic heterocycles. The minimum Gasteiger partial charge on any atom is -0.492 e. The van der Waals surface area contributed by atoms with Crippen molar-refractivity contribution < 1.29 is 14.3 Å². The number of aryl methyl sites for hydroxylation is 1. The van der Waals surface area contributed by atoms with Crippen LogP contribution in [-0.2, 0) is 17.9 Å². The molecule has 0 aliphatic rings. The van der Waals surface area contributed by atoms with E-state index in [1.54, 1.807) is 16.2 Å². The van der Waals surface area contributed by atoms with Gasteiger partial charge in [-0.05, 0) is 50.1 Å². The summed E-state index contributed by atoms with van der Waals surface area (Å²) in [5.74, 6) is 0.535. The van der Waals surface area contributed by atoms with Gasteiger partial charge in [-0.1, -0.05) is 55.8 Å². The molecule has 0 bridgehead atoms. The highest BCUT2D eigenvalue weighted by Gasteiger charge is 2.23. The van der Waals surface area contributed by atoms with Crippen LogP contribution in [0.15, 0.2) is 66.7 Å². The van der Waals surface area contributed by atoms with Crippen molar-refractivity contribution in [3.05, 3.63) is 82.0 Å². The molecule has 0 unspecified atom stereocenters. The summed E-state index contributed by atoms with van der Waals surface area (Å²) in [6.45, 7) is 8.07. The van der Waals surface area contributed by atoms with Gasteiger partial charge in [0.05, 0.1) is 18.8 Å². The predicted molar refractivity (Wildman–Crippen MR) is 143 cm³/mol. The standard InChI is InChI=1S/C28H35N3O3S/c1-4-6-18-30(28(33)29-25-14-10-11-15-26(25)34-5-2)21-27(32)31(19-23-12-8-7-9-13-23)20-24-17-16-22(3)35-24/h7-17H,4-6,18-21H2,1-3H3,(H,29,33). The lowest BCUT2D eigenvalue weighted by molar-refractivity contribution is -0.133. The van der Waals surface area contributed by atoms with E-state index in [9.17, 15) is 9.59 Å². The first-order valence-corrected chi connectivity index (χ1v) is 13.0. The average molecular weight is 494 g/mol. The van der Waals surface area contributed by atoms with Gasteiger partial charge in [-0.15, -0.1) is 11.3 Å². The lowest BCUT2D eigenvalue weighted by Crippen LogP contribution is -2.44. The van der Waals surface area contributed by atoms with Crippen molar-refractivity contribution in [1.29, 1.82) is 0 Å². The van der Waals surface area contributed by atoms with Gasteiger partial charge in [-0.3, -0.25) is 4.79 Å². The number of hydrogen-bond acceptors (Lipinski definition) is 4. The molecule has 1 aromatic heterocycles. The van der Waals surface area contributed by atoms with Gasteiger partial charge in [0, 0.05) is 22.8 Å². The minimum absolute atomic E-state index is 0.0137. The number of carbonyl (C=O) groups excluding carboxylic acids is 2. The molecule has 3 amide bonds. The van der Waals surface area contributed by atoms with E-state index in [0.717, 1.165) is 23.3 Å². The largest absolute Gasteiger partial charge is 0.492 e. The van der Waals surface area contributed by atoms with Crippen LogP contribution in [0.1, 0.15) is 42.0 Å². The Morgan fingerprint density at radius 3 is 2.34 bits per heavy atom. The molecule has 0 saturated heterocycles. The topological polar surface area (TPSA) is 61.9 Å². The third-order valence-electron chi connectivity index (χ3n) is 5.54. The Morgan fingerprint density at radius 2 is 1.66 bits per heavy atom. The highest BCUT2D eigenvalue weighted by atomic mass is 32.1. The molecule has 0 aliphatic carbocycles. The maximum absolute atomic E-state index is 13.5. The molecule has 2 aromatic carbocycles. The van der Waals surface area contributed by atoms with Crippen LogP contribution < -0.4 is 10.1 Å². The molecule has 0 saturated carbocycles. The zero-order valence-corrected chi connectivity index (χ0v) is 21.6. The molecular weight excluding hydrogens is 458 g/mol. The van der Waals surface area contributed by atoms with Crippen molar-refractivity contribution in [2.45, 2.75) is 46.7 Å². The van der Waals surface area contributed by atoms with E-state index < -0.39 is 0 Å². The summed E-state index contributed by atoms with van der Waals surface area (Å²) < 4.78 is 5.65. The molecule has 186 valence electrons. The van der Waals surface area contributed by atoms with Gasteiger partial charge in [0.15, 0.2) is 0 Å². The second kappa shape index (κ2) is 13.5. The Labute approximate surface area is 212 Å². The zero-order valence-electron chi connectivity index (χ0n) is 20.8. The fraction of sp³-hybridized carbons (Fsp3) is 0.357. The third-order valence-corrected chi connectivity index (χ3v) is 6.52. The van der Waals surface area contributed by atoms with E-state index in [2.05, 4.69) is 31.3 Å². The Hall–Kier alpha value is -3.32. The first kappa shape index (κ1) is 26.3. The van der Waals surface area contributed by atoms with Crippen molar-refractivity contribution in [2.75, 3.05) is 25.0 Å². The summed E-state index contributed by atoms with van der Waals surface area (Å²) in [7, 11) is 0. The summed E-state index contributed by atoms with van der Waals surface area (Å²) in [6.07, 6.45) is 1.74. The van der Waals surface area contributed by atoms with Gasteiger partial charge in [-0.2, -0.15) is 0 Å². The molecular formula is C28H35N3O3S. The van der Waals surface area contributed by atoms with Crippen LogP contribution in [0, 0.1) is 6.92 Å². The summed E-state index contributed by atoms with van der Waals surface area (Å²) >= 11 is 1.69. The second-order valence-electron chi connectivity index (χ2n) is 8.38. The van der Waals surface area contributed by atoms with E-state index in [1.807, 2.05) is 66.4 Å². The van der Waals surface area contributed by atoms with E-state index in [4.69, 9.17) is 4.74 Å². The van der Waals surface area contributed by atoms with E-state index >= 15 is 0 Å².